The smallest absolute Gasteiger partial charge is 0.261 e. The number of ether oxygens (including phenoxy) is 1. The molecule has 0 saturated carbocycles. The Balaban J connectivity index is 2.16. The monoisotopic (exact) mass is 362 g/mol. The first-order valence-corrected chi connectivity index (χ1v) is 8.28. The van der Waals surface area contributed by atoms with Crippen LogP contribution >= 0.6 is 0 Å². The molecule has 0 fully saturated rings. The first kappa shape index (κ1) is 18.6. The lowest BCUT2D eigenvalue weighted by Crippen LogP contribution is -2.28. The number of benzene rings is 2. The Bertz CT molecular complexity index is 834. The van der Waals surface area contributed by atoms with Gasteiger partial charge in [-0.15, -0.1) is 0 Å². The van der Waals surface area contributed by atoms with Gasteiger partial charge in [0.25, 0.3) is 11.3 Å². The minimum atomic E-state index is -2.46. The van der Waals surface area contributed by atoms with E-state index < -0.39 is 17.1 Å². The molecular weight excluding hydrogens is 347 g/mol. The third-order valence-corrected chi connectivity index (χ3v) is 4.25. The fourth-order valence-corrected chi connectivity index (χ4v) is 2.80. The third kappa shape index (κ3) is 4.62. The number of hydrogen-bond acceptors (Lipinski definition) is 4. The zero-order valence-electron chi connectivity index (χ0n) is 13.3. The van der Waals surface area contributed by atoms with Crippen molar-refractivity contribution in [3.63, 3.8) is 0 Å². The lowest BCUT2D eigenvalue weighted by Gasteiger charge is -2.20. The van der Waals surface area contributed by atoms with E-state index in [0.717, 1.165) is 16.4 Å². The predicted octanol–water partition coefficient (Wildman–Crippen LogP) is 2.92. The van der Waals surface area contributed by atoms with Crippen LogP contribution < -0.4 is 9.04 Å². The molecule has 0 radical (unpaired) electrons. The van der Waals surface area contributed by atoms with Gasteiger partial charge in [-0.1, -0.05) is 0 Å². The third-order valence-electron chi connectivity index (χ3n) is 3.49. The summed E-state index contributed by atoms with van der Waals surface area (Å²) >= 11 is -2.46. The lowest BCUT2D eigenvalue weighted by molar-refractivity contribution is 0.0985. The molecule has 0 spiro atoms. The highest BCUT2D eigenvalue weighted by Gasteiger charge is 2.19. The predicted molar refractivity (Wildman–Crippen MR) is 91.2 cm³/mol. The number of anilines is 1. The van der Waals surface area contributed by atoms with E-state index >= 15 is 0 Å². The van der Waals surface area contributed by atoms with Crippen LogP contribution in [-0.4, -0.2) is 28.2 Å². The number of hydrogen-bond donors (Lipinski definition) is 1. The van der Waals surface area contributed by atoms with E-state index in [-0.39, 0.29) is 30.0 Å². The molecule has 0 aromatic heterocycles. The summed E-state index contributed by atoms with van der Waals surface area (Å²) < 4.78 is 40.3. The Labute approximate surface area is 146 Å². The van der Waals surface area contributed by atoms with Crippen LogP contribution in [0.1, 0.15) is 22.3 Å². The standard InChI is InChI=1S/C17H15FN2O4S/c1-24-15-5-2-12(3-6-15)17(21)8-9-20(25(22)23)16-7-4-14(18)10-13(16)11-19/h2-7,10H,8-9H2,1H3,(H,22,23). The van der Waals surface area contributed by atoms with Crippen molar-refractivity contribution in [2.75, 3.05) is 18.0 Å². The van der Waals surface area contributed by atoms with Gasteiger partial charge in [0, 0.05) is 18.5 Å². The zero-order chi connectivity index (χ0) is 18.4. The molecule has 130 valence electrons. The summed E-state index contributed by atoms with van der Waals surface area (Å²) in [6.45, 7) is -0.103. The molecular formula is C17H15FN2O4S. The fourth-order valence-electron chi connectivity index (χ4n) is 2.22. The zero-order valence-corrected chi connectivity index (χ0v) is 14.1. The number of methoxy groups -OCH3 is 1. The first-order valence-electron chi connectivity index (χ1n) is 7.21. The van der Waals surface area contributed by atoms with Crippen molar-refractivity contribution in [3.05, 3.63) is 59.4 Å². The summed E-state index contributed by atoms with van der Waals surface area (Å²) in [5.41, 5.74) is 0.440. The molecule has 1 N–H and O–H groups in total. The summed E-state index contributed by atoms with van der Waals surface area (Å²) in [7, 11) is 1.51. The van der Waals surface area contributed by atoms with Crippen molar-refractivity contribution in [2.24, 2.45) is 0 Å². The van der Waals surface area contributed by atoms with Gasteiger partial charge >= 0.3 is 0 Å². The molecule has 1 atom stereocenters. The first-order chi connectivity index (χ1) is 12.0. The highest BCUT2D eigenvalue weighted by Crippen LogP contribution is 2.23. The van der Waals surface area contributed by atoms with Gasteiger partial charge in [-0.2, -0.15) is 5.26 Å². The van der Waals surface area contributed by atoms with Crippen LogP contribution in [0.15, 0.2) is 42.5 Å². The van der Waals surface area contributed by atoms with Gasteiger partial charge in [0.2, 0.25) is 0 Å². The highest BCUT2D eigenvalue weighted by atomic mass is 32.2. The minimum Gasteiger partial charge on any atom is -0.497 e. The fraction of sp³-hybridized carbons (Fsp3) is 0.176. The minimum absolute atomic E-state index is 0.0547. The number of nitrogens with zero attached hydrogens (tertiary/aromatic N) is 2. The largest absolute Gasteiger partial charge is 0.497 e. The topological polar surface area (TPSA) is 90.6 Å². The van der Waals surface area contributed by atoms with E-state index in [1.165, 1.54) is 13.2 Å². The number of carbonyl (C=O) groups is 1. The Morgan fingerprint density at radius 2 is 2.00 bits per heavy atom. The van der Waals surface area contributed by atoms with Crippen LogP contribution in [0.2, 0.25) is 0 Å². The Kier molecular flexibility index (Phi) is 6.22. The number of nitriles is 1. The maximum Gasteiger partial charge on any atom is 0.261 e. The Hall–Kier alpha value is -2.76. The van der Waals surface area contributed by atoms with Crippen molar-refractivity contribution >= 4 is 22.7 Å². The van der Waals surface area contributed by atoms with Crippen LogP contribution in [-0.2, 0) is 11.3 Å². The molecule has 0 aliphatic rings. The van der Waals surface area contributed by atoms with E-state index in [1.54, 1.807) is 30.3 Å². The normalized spacial score (nSPS) is 11.4. The van der Waals surface area contributed by atoms with Gasteiger partial charge in [0.05, 0.1) is 18.4 Å². The molecule has 8 heteroatoms. The van der Waals surface area contributed by atoms with Crippen molar-refractivity contribution in [1.82, 2.24) is 0 Å². The van der Waals surface area contributed by atoms with Crippen molar-refractivity contribution < 1.29 is 22.7 Å². The van der Waals surface area contributed by atoms with Crippen molar-refractivity contribution in [3.8, 4) is 11.8 Å². The second kappa shape index (κ2) is 8.37. The molecule has 0 bridgehead atoms. The molecule has 0 saturated heterocycles. The van der Waals surface area contributed by atoms with Gasteiger partial charge < -0.3 is 4.74 Å². The van der Waals surface area contributed by atoms with E-state index in [4.69, 9.17) is 10.00 Å². The van der Waals surface area contributed by atoms with E-state index in [2.05, 4.69) is 0 Å². The van der Waals surface area contributed by atoms with Gasteiger partial charge in [-0.05, 0) is 42.5 Å². The Morgan fingerprint density at radius 3 is 2.56 bits per heavy atom. The molecule has 25 heavy (non-hydrogen) atoms. The van der Waals surface area contributed by atoms with E-state index in [1.807, 2.05) is 0 Å². The maximum atomic E-state index is 13.2. The average Bonchev–Trinajstić information content (AvgIpc) is 2.62. The number of carbonyl (C=O) groups excluding carboxylic acids is 1. The number of Topliss-reactive ketones (excluding diaryl/α,β-unsaturated/α-hetero) is 1. The second-order valence-corrected chi connectivity index (χ2v) is 5.91. The van der Waals surface area contributed by atoms with Crippen LogP contribution in [0.25, 0.3) is 0 Å². The molecule has 1 unspecified atom stereocenters. The summed E-state index contributed by atoms with van der Waals surface area (Å²) in [6, 6.07) is 11.5. The molecule has 0 amide bonds. The van der Waals surface area contributed by atoms with E-state index in [9.17, 15) is 17.9 Å². The summed E-state index contributed by atoms with van der Waals surface area (Å²) in [4.78, 5) is 12.2. The molecule has 0 heterocycles. The maximum absolute atomic E-state index is 13.2. The Morgan fingerprint density at radius 1 is 1.32 bits per heavy atom. The number of rotatable bonds is 7. The number of ketones is 1. The van der Waals surface area contributed by atoms with Gasteiger partial charge in [0.1, 0.15) is 17.6 Å². The summed E-state index contributed by atoms with van der Waals surface area (Å²) in [5, 5.41) is 9.08. The van der Waals surface area contributed by atoms with E-state index in [0.29, 0.717) is 11.3 Å². The van der Waals surface area contributed by atoms with Gasteiger partial charge in [-0.25, -0.2) is 8.60 Å². The number of halogens is 1. The van der Waals surface area contributed by atoms with Crippen LogP contribution in [0.4, 0.5) is 10.1 Å². The summed E-state index contributed by atoms with van der Waals surface area (Å²) in [5.74, 6) is -0.253. The summed E-state index contributed by atoms with van der Waals surface area (Å²) in [6.07, 6.45) is -0.0547. The van der Waals surface area contributed by atoms with Gasteiger partial charge in [-0.3, -0.25) is 13.7 Å². The van der Waals surface area contributed by atoms with Crippen molar-refractivity contribution in [1.29, 1.82) is 5.26 Å². The van der Waals surface area contributed by atoms with Crippen LogP contribution in [0.5, 0.6) is 5.75 Å². The molecule has 0 aliphatic carbocycles. The molecule has 0 aliphatic heterocycles. The molecule has 2 aromatic rings. The molecule has 2 aromatic carbocycles. The van der Waals surface area contributed by atoms with Crippen LogP contribution in [0.3, 0.4) is 0 Å². The quantitative estimate of drug-likeness (QED) is 0.604. The SMILES string of the molecule is COc1ccc(C(=O)CCN(c2ccc(F)cc2C#N)S(=O)O)cc1. The van der Waals surface area contributed by atoms with Crippen molar-refractivity contribution in [2.45, 2.75) is 6.42 Å². The molecule has 2 rings (SSSR count). The van der Waals surface area contributed by atoms with Gasteiger partial charge in [0.15, 0.2) is 5.78 Å². The average molecular weight is 362 g/mol. The van der Waals surface area contributed by atoms with Crippen LogP contribution in [0, 0.1) is 17.1 Å². The second-order valence-electron chi connectivity index (χ2n) is 5.01. The lowest BCUT2D eigenvalue weighted by atomic mass is 10.1. The highest BCUT2D eigenvalue weighted by molar-refractivity contribution is 7.80. The molecule has 6 nitrogen and oxygen atoms in total.